The zero-order valence-corrected chi connectivity index (χ0v) is 14.0. The van der Waals surface area contributed by atoms with E-state index >= 15 is 0 Å². The standard InChI is InChI=1S/C15H15N3O6S/c1-15(8-17-7-10(19)9-2-4-16-5-3-9)13(14(21)22)18-11(20)6-12(18)25(15,23)24/h2-5,8,12-13H,6-7H2,1H3,(H,21,22)/t12-,13+,15+/m1/s1. The van der Waals surface area contributed by atoms with Crippen molar-refractivity contribution in [2.75, 3.05) is 6.54 Å². The van der Waals surface area contributed by atoms with Crippen molar-refractivity contribution in [3.8, 4) is 0 Å². The number of fused-ring (bicyclic) bond motifs is 1. The Morgan fingerprint density at radius 2 is 2.08 bits per heavy atom. The van der Waals surface area contributed by atoms with Gasteiger partial charge in [0.15, 0.2) is 21.7 Å². The van der Waals surface area contributed by atoms with E-state index in [4.69, 9.17) is 0 Å². The van der Waals surface area contributed by atoms with Crippen molar-refractivity contribution in [1.29, 1.82) is 0 Å². The van der Waals surface area contributed by atoms with Crippen LogP contribution in [0.2, 0.25) is 0 Å². The second-order valence-corrected chi connectivity index (χ2v) is 8.57. The molecule has 2 aliphatic rings. The second kappa shape index (κ2) is 5.73. The van der Waals surface area contributed by atoms with Crippen LogP contribution in [0.4, 0.5) is 0 Å². The molecule has 0 spiro atoms. The number of hydrogen-bond donors (Lipinski definition) is 1. The normalized spacial score (nSPS) is 30.1. The van der Waals surface area contributed by atoms with E-state index in [0.29, 0.717) is 5.56 Å². The van der Waals surface area contributed by atoms with Gasteiger partial charge in [0, 0.05) is 24.2 Å². The predicted molar refractivity (Wildman–Crippen MR) is 85.9 cm³/mol. The highest BCUT2D eigenvalue weighted by Gasteiger charge is 2.69. The smallest absolute Gasteiger partial charge is 0.328 e. The number of aliphatic carboxylic acids is 1. The van der Waals surface area contributed by atoms with Crippen LogP contribution in [0.25, 0.3) is 0 Å². The Morgan fingerprint density at radius 1 is 1.44 bits per heavy atom. The Hall–Kier alpha value is -2.62. The summed E-state index contributed by atoms with van der Waals surface area (Å²) in [6, 6.07) is 1.44. The maximum Gasteiger partial charge on any atom is 0.328 e. The van der Waals surface area contributed by atoms with Crippen LogP contribution < -0.4 is 0 Å². The number of Topliss-reactive ketones (excluding diaryl/α,β-unsaturated/α-hetero) is 1. The number of carbonyl (C=O) groups excluding carboxylic acids is 2. The first kappa shape index (κ1) is 17.2. The molecular weight excluding hydrogens is 350 g/mol. The van der Waals surface area contributed by atoms with Crippen molar-refractivity contribution >= 4 is 33.7 Å². The molecule has 2 saturated heterocycles. The van der Waals surface area contributed by atoms with Gasteiger partial charge in [0.05, 0.1) is 6.42 Å². The SMILES string of the molecule is C[C@]1(C=NCC(=O)c2ccncc2)[C@H](C(=O)O)N2C(=O)C[C@H]2S1(=O)=O. The number of rotatable bonds is 5. The number of nitrogens with zero attached hydrogens (tertiary/aromatic N) is 3. The van der Waals surface area contributed by atoms with Gasteiger partial charge in [-0.2, -0.15) is 0 Å². The third-order valence-corrected chi connectivity index (χ3v) is 7.22. The third kappa shape index (κ3) is 2.44. The van der Waals surface area contributed by atoms with Gasteiger partial charge in [0.1, 0.15) is 16.7 Å². The van der Waals surface area contributed by atoms with Crippen molar-refractivity contribution in [3.05, 3.63) is 30.1 Å². The summed E-state index contributed by atoms with van der Waals surface area (Å²) in [6.07, 6.45) is 3.63. The molecule has 132 valence electrons. The topological polar surface area (TPSA) is 134 Å². The van der Waals surface area contributed by atoms with Crippen LogP contribution >= 0.6 is 0 Å². The average Bonchev–Trinajstić information content (AvgIpc) is 2.70. The molecule has 10 heteroatoms. The number of sulfone groups is 1. The molecule has 0 bridgehead atoms. The maximum absolute atomic E-state index is 12.6. The lowest BCUT2D eigenvalue weighted by Gasteiger charge is -2.35. The summed E-state index contributed by atoms with van der Waals surface area (Å²) in [5.41, 5.74) is 0.361. The number of carbonyl (C=O) groups is 3. The minimum absolute atomic E-state index is 0.231. The monoisotopic (exact) mass is 365 g/mol. The molecule has 0 unspecified atom stereocenters. The largest absolute Gasteiger partial charge is 0.480 e. The predicted octanol–water partition coefficient (Wildman–Crippen LogP) is -0.466. The molecular formula is C15H15N3O6S. The first-order valence-corrected chi connectivity index (χ1v) is 8.96. The molecule has 0 radical (unpaired) electrons. The highest BCUT2D eigenvalue weighted by Crippen LogP contribution is 2.45. The number of pyridine rings is 1. The van der Waals surface area contributed by atoms with Crippen molar-refractivity contribution in [1.82, 2.24) is 9.88 Å². The molecule has 1 amide bonds. The van der Waals surface area contributed by atoms with E-state index in [2.05, 4.69) is 9.98 Å². The summed E-state index contributed by atoms with van der Waals surface area (Å²) in [7, 11) is -3.96. The maximum atomic E-state index is 12.6. The van der Waals surface area contributed by atoms with Gasteiger partial charge in [-0.3, -0.25) is 19.6 Å². The van der Waals surface area contributed by atoms with Crippen molar-refractivity contribution in [2.45, 2.75) is 29.5 Å². The van der Waals surface area contributed by atoms with Gasteiger partial charge < -0.3 is 10.0 Å². The molecule has 9 nitrogen and oxygen atoms in total. The number of β-lactam (4-membered cyclic amide) rings is 1. The summed E-state index contributed by atoms with van der Waals surface area (Å²) >= 11 is 0. The van der Waals surface area contributed by atoms with Crippen molar-refractivity contribution in [3.63, 3.8) is 0 Å². The van der Waals surface area contributed by atoms with E-state index < -0.39 is 37.9 Å². The molecule has 2 aliphatic heterocycles. The third-order valence-electron chi connectivity index (χ3n) is 4.56. The van der Waals surface area contributed by atoms with E-state index in [9.17, 15) is 27.9 Å². The van der Waals surface area contributed by atoms with E-state index in [1.807, 2.05) is 0 Å². The number of hydrogen-bond acceptors (Lipinski definition) is 7. The zero-order valence-electron chi connectivity index (χ0n) is 13.2. The second-order valence-electron chi connectivity index (χ2n) is 6.06. The molecule has 1 aromatic heterocycles. The highest BCUT2D eigenvalue weighted by atomic mass is 32.2. The number of ketones is 1. The average molecular weight is 365 g/mol. The molecule has 0 aliphatic carbocycles. The first-order chi connectivity index (χ1) is 11.7. The Labute approximate surface area is 143 Å². The van der Waals surface area contributed by atoms with Crippen LogP contribution in [0.1, 0.15) is 23.7 Å². The van der Waals surface area contributed by atoms with Crippen LogP contribution in [-0.2, 0) is 19.4 Å². The molecule has 2 fully saturated rings. The Balaban J connectivity index is 1.87. The summed E-state index contributed by atoms with van der Waals surface area (Å²) in [6.45, 7) is 0.882. The molecule has 1 N–H and O–H groups in total. The number of aromatic nitrogens is 1. The first-order valence-electron chi connectivity index (χ1n) is 7.42. The van der Waals surface area contributed by atoms with Crippen molar-refractivity contribution in [2.24, 2.45) is 4.99 Å². The molecule has 3 rings (SSSR count). The number of carboxylic acid groups (broad SMARTS) is 1. The lowest BCUT2D eigenvalue weighted by Crippen LogP contribution is -2.57. The number of aliphatic imine (C=N–C) groups is 1. The van der Waals surface area contributed by atoms with Crippen LogP contribution in [0.3, 0.4) is 0 Å². The molecule has 3 atom stereocenters. The lowest BCUT2D eigenvalue weighted by atomic mass is 9.97. The Kier molecular flexibility index (Phi) is 3.94. The van der Waals surface area contributed by atoms with Gasteiger partial charge in [-0.15, -0.1) is 0 Å². The van der Waals surface area contributed by atoms with Gasteiger partial charge in [-0.1, -0.05) is 0 Å². The van der Waals surface area contributed by atoms with Gasteiger partial charge in [-0.05, 0) is 19.1 Å². The van der Waals surface area contributed by atoms with E-state index in [1.54, 1.807) is 0 Å². The summed E-state index contributed by atoms with van der Waals surface area (Å²) in [5, 5.41) is 8.27. The zero-order chi connectivity index (χ0) is 18.4. The van der Waals surface area contributed by atoms with Gasteiger partial charge in [0.25, 0.3) is 0 Å². The fourth-order valence-corrected chi connectivity index (χ4v) is 5.38. The molecule has 3 heterocycles. The van der Waals surface area contributed by atoms with Crippen LogP contribution in [0.15, 0.2) is 29.5 Å². The van der Waals surface area contributed by atoms with Gasteiger partial charge in [0.2, 0.25) is 5.91 Å². The minimum atomic E-state index is -3.96. The quantitative estimate of drug-likeness (QED) is 0.423. The molecule has 0 saturated carbocycles. The lowest BCUT2D eigenvalue weighted by molar-refractivity contribution is -0.156. The summed E-state index contributed by atoms with van der Waals surface area (Å²) < 4.78 is 23.4. The van der Waals surface area contributed by atoms with E-state index in [-0.39, 0.29) is 18.7 Å². The minimum Gasteiger partial charge on any atom is -0.480 e. The fourth-order valence-electron chi connectivity index (χ4n) is 3.14. The Bertz CT molecular complexity index is 882. The van der Waals surface area contributed by atoms with Crippen LogP contribution in [0.5, 0.6) is 0 Å². The van der Waals surface area contributed by atoms with Crippen molar-refractivity contribution < 1.29 is 27.9 Å². The van der Waals surface area contributed by atoms with E-state index in [1.165, 1.54) is 31.5 Å². The molecule has 0 aromatic carbocycles. The number of amides is 1. The van der Waals surface area contributed by atoms with Crippen LogP contribution in [-0.4, -0.2) is 70.0 Å². The fraction of sp³-hybridized carbons (Fsp3) is 0.400. The Morgan fingerprint density at radius 3 is 2.64 bits per heavy atom. The molecule has 25 heavy (non-hydrogen) atoms. The van der Waals surface area contributed by atoms with E-state index in [0.717, 1.165) is 11.1 Å². The molecule has 1 aromatic rings. The summed E-state index contributed by atoms with van der Waals surface area (Å²) in [4.78, 5) is 43.8. The van der Waals surface area contributed by atoms with Gasteiger partial charge >= 0.3 is 5.97 Å². The van der Waals surface area contributed by atoms with Crippen LogP contribution in [0, 0.1) is 0 Å². The van der Waals surface area contributed by atoms with Gasteiger partial charge in [-0.25, -0.2) is 13.2 Å². The summed E-state index contributed by atoms with van der Waals surface area (Å²) in [5.74, 6) is -2.30. The highest BCUT2D eigenvalue weighted by molar-refractivity contribution is 7.94. The number of carboxylic acids is 1.